The van der Waals surface area contributed by atoms with E-state index in [1.165, 1.54) is 6.07 Å². The molecule has 0 spiro atoms. The first kappa shape index (κ1) is 34.3. The molecule has 0 heterocycles. The summed E-state index contributed by atoms with van der Waals surface area (Å²) in [6.07, 6.45) is 2.77. The van der Waals surface area contributed by atoms with Crippen molar-refractivity contribution in [3.8, 4) is 16.9 Å². The van der Waals surface area contributed by atoms with E-state index in [-0.39, 0.29) is 35.5 Å². The fourth-order valence-corrected chi connectivity index (χ4v) is 8.70. The molecule has 1 unspecified atom stereocenters. The van der Waals surface area contributed by atoms with Gasteiger partial charge in [-0.25, -0.2) is 0 Å². The molecule has 1 fully saturated rings. The molecule has 3 aliphatic rings. The standard InChI is InChI=1S/C39H46O8/c1-20(2)8-14-25(41)15-11-23-9-12-24(13-10-23)26-16-17-28(42)30-27(26)18-37(6)19-38(7)31(21(3)4)33(43)29(22(5)40)35(45)39(38,47)36(46)32(37)34(30)44/h9-10,12-13,16-17,20-21,31,42,44-45,47H,8,11,14-15,18-19H2,1-7H3/t31?,37-,38-,39+/m1/s1. The molecular formula is C39H46O8. The number of ketones is 4. The highest BCUT2D eigenvalue weighted by Gasteiger charge is 2.72. The van der Waals surface area contributed by atoms with Gasteiger partial charge in [-0.05, 0) is 72.8 Å². The number of phenols is 1. The van der Waals surface area contributed by atoms with Crippen molar-refractivity contribution in [2.75, 3.05) is 0 Å². The Kier molecular flexibility index (Phi) is 8.67. The van der Waals surface area contributed by atoms with Gasteiger partial charge in [0.05, 0.1) is 5.56 Å². The Hall–Kier alpha value is -4.04. The first-order valence-corrected chi connectivity index (χ1v) is 16.5. The Morgan fingerprint density at radius 2 is 1.57 bits per heavy atom. The normalized spacial score (nSPS) is 27.2. The Labute approximate surface area is 276 Å². The van der Waals surface area contributed by atoms with Crippen molar-refractivity contribution in [1.29, 1.82) is 0 Å². The summed E-state index contributed by atoms with van der Waals surface area (Å²) in [5, 5.41) is 46.4. The molecule has 0 saturated heterocycles. The molecule has 2 aromatic carbocycles. The summed E-state index contributed by atoms with van der Waals surface area (Å²) in [5.41, 5.74) is -2.75. The van der Waals surface area contributed by atoms with Gasteiger partial charge in [0.15, 0.2) is 17.2 Å². The number of allylic oxidation sites excluding steroid dienone is 1. The molecule has 0 radical (unpaired) electrons. The van der Waals surface area contributed by atoms with Gasteiger partial charge in [-0.2, -0.15) is 0 Å². The maximum Gasteiger partial charge on any atom is 0.203 e. The van der Waals surface area contributed by atoms with Crippen LogP contribution in [0.25, 0.3) is 16.9 Å². The van der Waals surface area contributed by atoms with Gasteiger partial charge < -0.3 is 20.4 Å². The maximum atomic E-state index is 14.5. The maximum absolute atomic E-state index is 14.5. The summed E-state index contributed by atoms with van der Waals surface area (Å²) in [6.45, 7) is 12.3. The average Bonchev–Trinajstić information content (AvgIpc) is 2.97. The number of phenolic OH excluding ortho intramolecular Hbond substituents is 1. The summed E-state index contributed by atoms with van der Waals surface area (Å²) < 4.78 is 0. The summed E-state index contributed by atoms with van der Waals surface area (Å²) >= 11 is 0. The number of aryl methyl sites for hydroxylation is 1. The average molecular weight is 643 g/mol. The van der Waals surface area contributed by atoms with Crippen LogP contribution in [0.5, 0.6) is 5.75 Å². The van der Waals surface area contributed by atoms with Crippen LogP contribution in [0.4, 0.5) is 0 Å². The minimum Gasteiger partial charge on any atom is -0.508 e. The number of aromatic hydroxyl groups is 1. The summed E-state index contributed by atoms with van der Waals surface area (Å²) in [6, 6.07) is 11.0. The molecule has 0 amide bonds. The van der Waals surface area contributed by atoms with Crippen molar-refractivity contribution in [2.24, 2.45) is 28.6 Å². The van der Waals surface area contributed by atoms with E-state index < -0.39 is 62.7 Å². The van der Waals surface area contributed by atoms with E-state index in [4.69, 9.17) is 0 Å². The SMILES string of the molecule is CC(=O)C1=C(O)[C@]2(O)C(=O)C3=C(O)c4c(O)ccc(-c5ccc(CCC(=O)CCC(C)C)cc5)c4C[C@]3(C)C[C@]2(C)C(C(C)C)C1=O. The summed E-state index contributed by atoms with van der Waals surface area (Å²) in [7, 11) is 0. The number of carbonyl (C=O) groups excluding carboxylic acids is 4. The van der Waals surface area contributed by atoms with Crippen molar-refractivity contribution in [2.45, 2.75) is 92.6 Å². The quantitative estimate of drug-likeness (QED) is 0.218. The Morgan fingerprint density at radius 1 is 0.936 bits per heavy atom. The highest BCUT2D eigenvalue weighted by Crippen LogP contribution is 2.65. The Balaban J connectivity index is 1.60. The lowest BCUT2D eigenvalue weighted by molar-refractivity contribution is -0.178. The van der Waals surface area contributed by atoms with Crippen molar-refractivity contribution >= 4 is 28.9 Å². The zero-order valence-electron chi connectivity index (χ0n) is 28.4. The second-order valence-electron chi connectivity index (χ2n) is 15.1. The zero-order valence-corrected chi connectivity index (χ0v) is 28.4. The van der Waals surface area contributed by atoms with Crippen LogP contribution >= 0.6 is 0 Å². The molecule has 3 aliphatic carbocycles. The van der Waals surface area contributed by atoms with Crippen molar-refractivity contribution in [3.63, 3.8) is 0 Å². The molecule has 0 aromatic heterocycles. The molecule has 4 atom stereocenters. The van der Waals surface area contributed by atoms with Crippen LogP contribution in [0.15, 0.2) is 53.3 Å². The van der Waals surface area contributed by atoms with Crippen LogP contribution in [0.2, 0.25) is 0 Å². The number of hydrogen-bond donors (Lipinski definition) is 4. The van der Waals surface area contributed by atoms with Gasteiger partial charge in [-0.15, -0.1) is 0 Å². The Bertz CT molecular complexity index is 1740. The minimum atomic E-state index is -2.64. The van der Waals surface area contributed by atoms with Crippen LogP contribution in [-0.2, 0) is 32.0 Å². The smallest absolute Gasteiger partial charge is 0.203 e. The number of rotatable bonds is 9. The molecule has 4 N–H and O–H groups in total. The lowest BCUT2D eigenvalue weighted by Gasteiger charge is -2.59. The van der Waals surface area contributed by atoms with E-state index >= 15 is 0 Å². The van der Waals surface area contributed by atoms with Gasteiger partial charge in [-0.3, -0.25) is 19.2 Å². The molecule has 8 heteroatoms. The second kappa shape index (κ2) is 11.9. The summed E-state index contributed by atoms with van der Waals surface area (Å²) in [4.78, 5) is 53.1. The molecule has 8 nitrogen and oxygen atoms in total. The van der Waals surface area contributed by atoms with Crippen molar-refractivity contribution in [1.82, 2.24) is 0 Å². The molecule has 5 rings (SSSR count). The van der Waals surface area contributed by atoms with Gasteiger partial charge in [0.25, 0.3) is 0 Å². The lowest BCUT2D eigenvalue weighted by atomic mass is 9.43. The number of hydrogen-bond acceptors (Lipinski definition) is 8. The van der Waals surface area contributed by atoms with Crippen LogP contribution in [0.3, 0.4) is 0 Å². The number of aliphatic hydroxyl groups is 3. The predicted octanol–water partition coefficient (Wildman–Crippen LogP) is 6.79. The first-order valence-electron chi connectivity index (χ1n) is 16.5. The minimum absolute atomic E-state index is 0.0315. The third-order valence-electron chi connectivity index (χ3n) is 10.8. The van der Waals surface area contributed by atoms with E-state index in [0.717, 1.165) is 30.0 Å². The largest absolute Gasteiger partial charge is 0.508 e. The van der Waals surface area contributed by atoms with Crippen LogP contribution in [0, 0.1) is 28.6 Å². The summed E-state index contributed by atoms with van der Waals surface area (Å²) in [5.74, 6) is -4.72. The van der Waals surface area contributed by atoms with Gasteiger partial charge in [0, 0.05) is 35.2 Å². The molecule has 0 aliphatic heterocycles. The highest BCUT2D eigenvalue weighted by atomic mass is 16.3. The third kappa shape index (κ3) is 5.25. The third-order valence-corrected chi connectivity index (χ3v) is 10.8. The van der Waals surface area contributed by atoms with Crippen molar-refractivity contribution in [3.05, 3.63) is 70.0 Å². The van der Waals surface area contributed by atoms with E-state index in [9.17, 15) is 39.6 Å². The number of benzene rings is 2. The topological polar surface area (TPSA) is 149 Å². The number of Topliss-reactive ketones (excluding diaryl/α,β-unsaturated/α-hetero) is 4. The van der Waals surface area contributed by atoms with Crippen LogP contribution in [0.1, 0.15) is 90.8 Å². The Morgan fingerprint density at radius 3 is 2.15 bits per heavy atom. The molecule has 0 bridgehead atoms. The van der Waals surface area contributed by atoms with E-state index in [1.54, 1.807) is 33.8 Å². The van der Waals surface area contributed by atoms with Crippen LogP contribution in [-0.4, -0.2) is 49.2 Å². The van der Waals surface area contributed by atoms with Gasteiger partial charge in [-0.1, -0.05) is 71.9 Å². The molecule has 250 valence electrons. The van der Waals surface area contributed by atoms with E-state index in [2.05, 4.69) is 13.8 Å². The van der Waals surface area contributed by atoms with E-state index in [0.29, 0.717) is 30.7 Å². The molecular weight excluding hydrogens is 596 g/mol. The molecule has 1 saturated carbocycles. The highest BCUT2D eigenvalue weighted by molar-refractivity contribution is 6.24. The van der Waals surface area contributed by atoms with Crippen LogP contribution < -0.4 is 0 Å². The van der Waals surface area contributed by atoms with Gasteiger partial charge in [0.1, 0.15) is 28.6 Å². The number of carbonyl (C=O) groups is 4. The zero-order chi connectivity index (χ0) is 34.8. The lowest BCUT2D eigenvalue weighted by Crippen LogP contribution is -2.69. The fourth-order valence-electron chi connectivity index (χ4n) is 8.70. The second-order valence-corrected chi connectivity index (χ2v) is 15.1. The fraction of sp³-hybridized carbons (Fsp3) is 0.487. The number of fused-ring (bicyclic) bond motifs is 3. The molecule has 47 heavy (non-hydrogen) atoms. The first-order chi connectivity index (χ1) is 21.9. The monoisotopic (exact) mass is 642 g/mol. The van der Waals surface area contributed by atoms with Gasteiger partial charge >= 0.3 is 0 Å². The predicted molar refractivity (Wildman–Crippen MR) is 179 cm³/mol. The molecule has 2 aromatic rings. The number of aliphatic hydroxyl groups excluding tert-OH is 2. The van der Waals surface area contributed by atoms with Crippen molar-refractivity contribution < 1.29 is 39.6 Å². The van der Waals surface area contributed by atoms with Gasteiger partial charge in [0.2, 0.25) is 5.78 Å². The van der Waals surface area contributed by atoms with E-state index in [1.807, 2.05) is 24.3 Å².